The average molecular weight is 269 g/mol. The second kappa shape index (κ2) is 5.63. The molecule has 0 bridgehead atoms. The summed E-state index contributed by atoms with van der Waals surface area (Å²) in [6, 6.07) is 3.20. The van der Waals surface area contributed by atoms with E-state index in [0.29, 0.717) is 19.6 Å². The fourth-order valence-corrected chi connectivity index (χ4v) is 2.33. The van der Waals surface area contributed by atoms with Gasteiger partial charge in [0.1, 0.15) is 17.2 Å². The number of likely N-dealkylation sites (N-methyl/N-ethyl adjacent to an activating group) is 1. The number of amides is 1. The van der Waals surface area contributed by atoms with E-state index < -0.39 is 23.1 Å². The van der Waals surface area contributed by atoms with Crippen LogP contribution >= 0.6 is 0 Å². The highest BCUT2D eigenvalue weighted by molar-refractivity contribution is 5.95. The van der Waals surface area contributed by atoms with E-state index in [9.17, 15) is 13.6 Å². The number of halogens is 2. The molecule has 1 aromatic carbocycles. The van der Waals surface area contributed by atoms with Crippen molar-refractivity contribution in [2.45, 2.75) is 6.04 Å². The molecule has 2 rings (SSSR count). The Kier molecular flexibility index (Phi) is 4.11. The van der Waals surface area contributed by atoms with Crippen LogP contribution in [0.3, 0.4) is 0 Å². The number of carbonyl (C=O) groups excluding carboxylic acids is 1. The zero-order chi connectivity index (χ0) is 14.0. The van der Waals surface area contributed by atoms with Crippen molar-refractivity contribution in [2.75, 3.05) is 33.2 Å². The molecule has 19 heavy (non-hydrogen) atoms. The van der Waals surface area contributed by atoms with Crippen LogP contribution in [0.5, 0.6) is 0 Å². The zero-order valence-electron chi connectivity index (χ0n) is 10.8. The molecule has 1 atom stereocenters. The molecule has 1 heterocycles. The third kappa shape index (κ3) is 2.74. The Morgan fingerprint density at radius 3 is 2.58 bits per heavy atom. The first-order valence-corrected chi connectivity index (χ1v) is 6.18. The van der Waals surface area contributed by atoms with Crippen LogP contribution in [0.25, 0.3) is 0 Å². The Morgan fingerprint density at radius 2 is 2.00 bits per heavy atom. The number of rotatable bonds is 2. The largest absolute Gasteiger partial charge is 0.332 e. The fraction of sp³-hybridized carbons (Fsp3) is 0.462. The van der Waals surface area contributed by atoms with Crippen LogP contribution in [-0.4, -0.2) is 55.0 Å². The van der Waals surface area contributed by atoms with Crippen molar-refractivity contribution in [2.24, 2.45) is 5.73 Å². The molecule has 0 saturated carbocycles. The smallest absolute Gasteiger partial charge is 0.260 e. The Bertz CT molecular complexity index is 461. The molecule has 0 aromatic heterocycles. The maximum Gasteiger partial charge on any atom is 0.260 e. The molecule has 1 aliphatic heterocycles. The summed E-state index contributed by atoms with van der Waals surface area (Å²) in [7, 11) is 1.92. The Morgan fingerprint density at radius 1 is 1.37 bits per heavy atom. The Hall–Kier alpha value is -1.53. The van der Waals surface area contributed by atoms with Crippen molar-refractivity contribution < 1.29 is 13.6 Å². The van der Waals surface area contributed by atoms with Crippen LogP contribution in [-0.2, 0) is 0 Å². The number of hydrogen-bond acceptors (Lipinski definition) is 3. The van der Waals surface area contributed by atoms with Crippen molar-refractivity contribution in [3.63, 3.8) is 0 Å². The summed E-state index contributed by atoms with van der Waals surface area (Å²) in [5.41, 5.74) is 5.14. The van der Waals surface area contributed by atoms with Gasteiger partial charge in [-0.25, -0.2) is 8.78 Å². The molecule has 104 valence electrons. The lowest BCUT2D eigenvalue weighted by molar-refractivity contribution is 0.0506. The second-order valence-corrected chi connectivity index (χ2v) is 4.75. The van der Waals surface area contributed by atoms with E-state index >= 15 is 0 Å². The van der Waals surface area contributed by atoms with Crippen LogP contribution in [0, 0.1) is 11.6 Å². The fourth-order valence-electron chi connectivity index (χ4n) is 2.33. The van der Waals surface area contributed by atoms with Gasteiger partial charge in [0.2, 0.25) is 0 Å². The third-order valence-corrected chi connectivity index (χ3v) is 3.40. The van der Waals surface area contributed by atoms with E-state index in [1.54, 1.807) is 0 Å². The van der Waals surface area contributed by atoms with Gasteiger partial charge in [-0.15, -0.1) is 0 Å². The lowest BCUT2D eigenvalue weighted by atomic mass is 10.1. The first-order chi connectivity index (χ1) is 9.04. The standard InChI is InChI=1S/C13H17F2N3O/c1-17-5-6-18(9(7-16)8-17)13(19)12-10(14)3-2-4-11(12)15/h2-4,9H,5-8,16H2,1H3. The molecular formula is C13H17F2N3O. The van der Waals surface area contributed by atoms with Gasteiger partial charge in [0.05, 0.1) is 6.04 Å². The average Bonchev–Trinajstić information content (AvgIpc) is 2.38. The number of nitrogens with two attached hydrogens (primary N) is 1. The molecule has 1 saturated heterocycles. The SMILES string of the molecule is CN1CCN(C(=O)c2c(F)cccc2F)C(CN)C1. The number of hydrogen-bond donors (Lipinski definition) is 1. The maximum absolute atomic E-state index is 13.6. The van der Waals surface area contributed by atoms with Crippen LogP contribution in [0.4, 0.5) is 8.78 Å². The van der Waals surface area contributed by atoms with Gasteiger partial charge in [-0.05, 0) is 19.2 Å². The molecule has 1 unspecified atom stereocenters. The van der Waals surface area contributed by atoms with Crippen molar-refractivity contribution in [1.29, 1.82) is 0 Å². The summed E-state index contributed by atoms with van der Waals surface area (Å²) < 4.78 is 27.3. The number of nitrogens with zero attached hydrogens (tertiary/aromatic N) is 2. The molecule has 0 radical (unpaired) electrons. The van der Waals surface area contributed by atoms with Gasteiger partial charge in [0.15, 0.2) is 0 Å². The van der Waals surface area contributed by atoms with E-state index in [1.807, 2.05) is 11.9 Å². The van der Waals surface area contributed by atoms with Crippen molar-refractivity contribution in [1.82, 2.24) is 9.80 Å². The lowest BCUT2D eigenvalue weighted by Crippen LogP contribution is -2.57. The van der Waals surface area contributed by atoms with E-state index in [1.165, 1.54) is 11.0 Å². The normalized spacial score (nSPS) is 20.6. The third-order valence-electron chi connectivity index (χ3n) is 3.40. The quantitative estimate of drug-likeness (QED) is 0.859. The molecule has 0 aliphatic carbocycles. The second-order valence-electron chi connectivity index (χ2n) is 4.75. The van der Waals surface area contributed by atoms with E-state index in [-0.39, 0.29) is 12.6 Å². The summed E-state index contributed by atoms with van der Waals surface area (Å²) in [4.78, 5) is 15.8. The van der Waals surface area contributed by atoms with Gasteiger partial charge in [-0.3, -0.25) is 4.79 Å². The molecular weight excluding hydrogens is 252 g/mol. The highest BCUT2D eigenvalue weighted by Gasteiger charge is 2.31. The van der Waals surface area contributed by atoms with E-state index in [4.69, 9.17) is 5.73 Å². The van der Waals surface area contributed by atoms with Crippen molar-refractivity contribution >= 4 is 5.91 Å². The van der Waals surface area contributed by atoms with Crippen LogP contribution < -0.4 is 5.73 Å². The van der Waals surface area contributed by atoms with Gasteiger partial charge < -0.3 is 15.5 Å². The predicted molar refractivity (Wildman–Crippen MR) is 67.7 cm³/mol. The summed E-state index contributed by atoms with van der Waals surface area (Å²) in [5.74, 6) is -2.29. The summed E-state index contributed by atoms with van der Waals surface area (Å²) >= 11 is 0. The minimum atomic E-state index is -0.834. The van der Waals surface area contributed by atoms with Gasteiger partial charge in [-0.2, -0.15) is 0 Å². The molecule has 1 aliphatic rings. The molecule has 6 heteroatoms. The molecule has 1 amide bonds. The summed E-state index contributed by atoms with van der Waals surface area (Å²) in [6.07, 6.45) is 0. The monoisotopic (exact) mass is 269 g/mol. The summed E-state index contributed by atoms with van der Waals surface area (Å²) in [5, 5.41) is 0. The summed E-state index contributed by atoms with van der Waals surface area (Å²) in [6.45, 7) is 1.97. The highest BCUT2D eigenvalue weighted by atomic mass is 19.1. The highest BCUT2D eigenvalue weighted by Crippen LogP contribution is 2.18. The van der Waals surface area contributed by atoms with E-state index in [2.05, 4.69) is 0 Å². The number of benzene rings is 1. The van der Waals surface area contributed by atoms with Gasteiger partial charge >= 0.3 is 0 Å². The van der Waals surface area contributed by atoms with Crippen LogP contribution in [0.2, 0.25) is 0 Å². The van der Waals surface area contributed by atoms with Gasteiger partial charge in [-0.1, -0.05) is 6.07 Å². The maximum atomic E-state index is 13.6. The first kappa shape index (κ1) is 13.9. The molecule has 1 aromatic rings. The molecule has 4 nitrogen and oxygen atoms in total. The Labute approximate surface area is 110 Å². The van der Waals surface area contributed by atoms with Crippen molar-refractivity contribution in [3.8, 4) is 0 Å². The number of piperazine rings is 1. The lowest BCUT2D eigenvalue weighted by Gasteiger charge is -2.39. The van der Waals surface area contributed by atoms with E-state index in [0.717, 1.165) is 12.1 Å². The minimum absolute atomic E-state index is 0.217. The molecule has 1 fully saturated rings. The topological polar surface area (TPSA) is 49.6 Å². The van der Waals surface area contributed by atoms with Crippen LogP contribution in [0.15, 0.2) is 18.2 Å². The van der Waals surface area contributed by atoms with Gasteiger partial charge in [0, 0.05) is 26.2 Å². The minimum Gasteiger partial charge on any atom is -0.332 e. The van der Waals surface area contributed by atoms with Gasteiger partial charge in [0.25, 0.3) is 5.91 Å². The predicted octanol–water partition coefficient (Wildman–Crippen LogP) is 0.680. The molecule has 0 spiro atoms. The zero-order valence-corrected chi connectivity index (χ0v) is 10.8. The van der Waals surface area contributed by atoms with Crippen LogP contribution in [0.1, 0.15) is 10.4 Å². The number of carbonyl (C=O) groups is 1. The van der Waals surface area contributed by atoms with Crippen molar-refractivity contribution in [3.05, 3.63) is 35.4 Å². The Balaban J connectivity index is 2.28. The first-order valence-electron chi connectivity index (χ1n) is 6.18. The molecule has 2 N–H and O–H groups in total.